The Hall–Kier alpha value is -2.85. The Morgan fingerprint density at radius 3 is 2.91 bits per heavy atom. The van der Waals surface area contributed by atoms with Gasteiger partial charge in [0.05, 0.1) is 17.9 Å². The highest BCUT2D eigenvalue weighted by Gasteiger charge is 2.28. The first-order valence-electron chi connectivity index (χ1n) is 11.1. The summed E-state index contributed by atoms with van der Waals surface area (Å²) >= 11 is 7.15. The number of hydrogen-bond acceptors (Lipinski definition) is 7. The zero-order valence-corrected chi connectivity index (χ0v) is 20.1. The average molecular weight is 485 g/mol. The fourth-order valence-electron chi connectivity index (χ4n) is 4.54. The van der Waals surface area contributed by atoms with E-state index >= 15 is 0 Å². The molecule has 1 fully saturated rings. The maximum Gasteiger partial charge on any atom is 0.280 e. The summed E-state index contributed by atoms with van der Waals surface area (Å²) < 4.78 is 4.53. The minimum absolute atomic E-state index is 0.0694. The van der Waals surface area contributed by atoms with Gasteiger partial charge < -0.3 is 9.88 Å². The van der Waals surface area contributed by atoms with Crippen molar-refractivity contribution in [3.63, 3.8) is 0 Å². The molecule has 0 aliphatic heterocycles. The second kappa shape index (κ2) is 9.18. The van der Waals surface area contributed by atoms with Crippen molar-refractivity contribution < 1.29 is 4.79 Å². The summed E-state index contributed by atoms with van der Waals surface area (Å²) in [5, 5.41) is 7.78. The van der Waals surface area contributed by atoms with Crippen LogP contribution in [0, 0.1) is 5.92 Å². The number of imidazole rings is 1. The van der Waals surface area contributed by atoms with Gasteiger partial charge in [0, 0.05) is 24.6 Å². The van der Waals surface area contributed by atoms with Gasteiger partial charge in [-0.05, 0) is 31.6 Å². The van der Waals surface area contributed by atoms with Crippen molar-refractivity contribution in [2.24, 2.45) is 5.92 Å². The third-order valence-corrected chi connectivity index (χ3v) is 7.01. The Bertz CT molecular complexity index is 1260. The highest BCUT2D eigenvalue weighted by molar-refractivity contribution is 7.17. The van der Waals surface area contributed by atoms with E-state index in [1.807, 2.05) is 6.07 Å². The Labute approximate surface area is 200 Å². The molecule has 1 aliphatic carbocycles. The quantitative estimate of drug-likeness (QED) is 0.439. The lowest BCUT2D eigenvalue weighted by molar-refractivity contribution is 0.0920. The predicted octanol–water partition coefficient (Wildman–Crippen LogP) is 4.23. The molecule has 1 N–H and O–H groups in total. The maximum absolute atomic E-state index is 12.7. The lowest BCUT2D eigenvalue weighted by Gasteiger charge is -2.32. The van der Waals surface area contributed by atoms with E-state index < -0.39 is 0 Å². The van der Waals surface area contributed by atoms with E-state index in [4.69, 9.17) is 16.6 Å². The first-order chi connectivity index (χ1) is 16.0. The van der Waals surface area contributed by atoms with Crippen molar-refractivity contribution in [1.82, 2.24) is 39.6 Å². The molecule has 1 saturated carbocycles. The molecule has 0 bridgehead atoms. The molecule has 4 aromatic rings. The maximum atomic E-state index is 12.7. The normalized spacial score (nSPS) is 18.8. The van der Waals surface area contributed by atoms with Gasteiger partial charge in [0.15, 0.2) is 10.8 Å². The molecule has 0 radical (unpaired) electrons. The average Bonchev–Trinajstić information content (AvgIpc) is 3.52. The summed E-state index contributed by atoms with van der Waals surface area (Å²) in [4.78, 5) is 30.3. The lowest BCUT2D eigenvalue weighted by atomic mass is 9.90. The number of hydrogen-bond donors (Lipinski definition) is 1. The molecule has 0 aromatic carbocycles. The van der Waals surface area contributed by atoms with E-state index in [-0.39, 0.29) is 18.0 Å². The SMILES string of the molecule is CC(C)Cc1nc2cnc(-n3cncn3)cc2n1[C@@H]1CCC[C@H](NC(=O)c2ncc(Cl)s2)C1. The van der Waals surface area contributed by atoms with Crippen LogP contribution in [0.3, 0.4) is 0 Å². The number of pyridine rings is 1. The summed E-state index contributed by atoms with van der Waals surface area (Å²) in [6.07, 6.45) is 11.2. The van der Waals surface area contributed by atoms with Gasteiger partial charge in [0.2, 0.25) is 0 Å². The number of fused-ring (bicyclic) bond motifs is 1. The molecule has 0 saturated heterocycles. The zero-order valence-electron chi connectivity index (χ0n) is 18.5. The molecule has 11 heteroatoms. The van der Waals surface area contributed by atoms with E-state index in [1.165, 1.54) is 23.9 Å². The van der Waals surface area contributed by atoms with Crippen LogP contribution in [0.1, 0.15) is 61.2 Å². The van der Waals surface area contributed by atoms with Crippen LogP contribution in [0.2, 0.25) is 4.34 Å². The molecule has 5 rings (SSSR count). The number of amides is 1. The Morgan fingerprint density at radius 2 is 2.18 bits per heavy atom. The number of nitrogens with zero attached hydrogens (tertiary/aromatic N) is 7. The van der Waals surface area contributed by atoms with Crippen molar-refractivity contribution >= 4 is 39.9 Å². The number of aromatic nitrogens is 7. The van der Waals surface area contributed by atoms with Gasteiger partial charge >= 0.3 is 0 Å². The minimum atomic E-state index is -0.159. The Balaban J connectivity index is 1.46. The monoisotopic (exact) mass is 484 g/mol. The molecule has 0 unspecified atom stereocenters. The van der Waals surface area contributed by atoms with Crippen molar-refractivity contribution in [2.45, 2.75) is 58.0 Å². The smallest absolute Gasteiger partial charge is 0.280 e. The van der Waals surface area contributed by atoms with Crippen molar-refractivity contribution in [1.29, 1.82) is 0 Å². The largest absolute Gasteiger partial charge is 0.347 e. The third-order valence-electron chi connectivity index (χ3n) is 5.90. The van der Waals surface area contributed by atoms with Gasteiger partial charge in [0.1, 0.15) is 28.3 Å². The van der Waals surface area contributed by atoms with E-state index in [1.54, 1.807) is 17.2 Å². The summed E-state index contributed by atoms with van der Waals surface area (Å²) in [7, 11) is 0. The third kappa shape index (κ3) is 4.63. The molecule has 4 aromatic heterocycles. The van der Waals surface area contributed by atoms with Crippen molar-refractivity contribution in [3.05, 3.63) is 46.3 Å². The van der Waals surface area contributed by atoms with Gasteiger partial charge in [-0.2, -0.15) is 5.10 Å². The molecule has 1 amide bonds. The molecule has 2 atom stereocenters. The molecular weight excluding hydrogens is 460 g/mol. The van der Waals surface area contributed by atoms with Crippen LogP contribution in [0.4, 0.5) is 0 Å². The van der Waals surface area contributed by atoms with Gasteiger partial charge in [-0.15, -0.1) is 0 Å². The van der Waals surface area contributed by atoms with Crippen LogP contribution >= 0.6 is 22.9 Å². The van der Waals surface area contributed by atoms with Crippen molar-refractivity contribution in [3.8, 4) is 5.82 Å². The van der Waals surface area contributed by atoms with Gasteiger partial charge in [-0.3, -0.25) is 4.79 Å². The molecule has 1 aliphatic rings. The molecule has 172 valence electrons. The number of nitrogens with one attached hydrogen (secondary N) is 1. The molecular formula is C22H25ClN8OS. The summed E-state index contributed by atoms with van der Waals surface area (Å²) in [6, 6.07) is 2.33. The topological polar surface area (TPSA) is 103 Å². The fraction of sp³-hybridized carbons (Fsp3) is 0.455. The van der Waals surface area contributed by atoms with Crippen LogP contribution in [-0.2, 0) is 6.42 Å². The van der Waals surface area contributed by atoms with E-state index in [9.17, 15) is 4.79 Å². The van der Waals surface area contributed by atoms with E-state index in [0.29, 0.717) is 21.1 Å². The van der Waals surface area contributed by atoms with Gasteiger partial charge in [-0.1, -0.05) is 36.8 Å². The van der Waals surface area contributed by atoms with E-state index in [0.717, 1.165) is 49.0 Å². The van der Waals surface area contributed by atoms with Crippen LogP contribution in [0.25, 0.3) is 16.9 Å². The second-order valence-corrected chi connectivity index (χ2v) is 10.5. The number of thiazole rings is 1. The number of carbonyl (C=O) groups excluding carboxylic acids is 1. The van der Waals surface area contributed by atoms with Crippen LogP contribution in [-0.4, -0.2) is 46.2 Å². The number of carbonyl (C=O) groups is 1. The first-order valence-corrected chi connectivity index (χ1v) is 12.3. The molecule has 33 heavy (non-hydrogen) atoms. The Kier molecular flexibility index (Phi) is 6.11. The summed E-state index contributed by atoms with van der Waals surface area (Å²) in [5.41, 5.74) is 1.91. The van der Waals surface area contributed by atoms with Gasteiger partial charge in [0.25, 0.3) is 5.91 Å². The number of rotatable bonds is 6. The van der Waals surface area contributed by atoms with Crippen molar-refractivity contribution in [2.75, 3.05) is 0 Å². The highest BCUT2D eigenvalue weighted by atomic mass is 35.5. The fourth-order valence-corrected chi connectivity index (χ4v) is 5.36. The lowest BCUT2D eigenvalue weighted by Crippen LogP contribution is -2.39. The summed E-state index contributed by atoms with van der Waals surface area (Å²) in [6.45, 7) is 4.40. The second-order valence-electron chi connectivity index (χ2n) is 8.83. The minimum Gasteiger partial charge on any atom is -0.347 e. The first kappa shape index (κ1) is 22.0. The summed E-state index contributed by atoms with van der Waals surface area (Å²) in [5.74, 6) is 2.07. The standard InChI is InChI=1S/C22H25ClN8OS/c1-13(2)6-20-29-16-9-25-19(30-12-24-11-27-30)8-17(16)31(20)15-5-3-4-14(7-15)28-21(32)22-26-10-18(23)33-22/h8-15H,3-7H2,1-2H3,(H,28,32)/t14-,15+/m0/s1. The van der Waals surface area contributed by atoms with Gasteiger partial charge in [-0.25, -0.2) is 24.6 Å². The molecule has 4 heterocycles. The van der Waals surface area contributed by atoms with Crippen LogP contribution < -0.4 is 5.32 Å². The Morgan fingerprint density at radius 1 is 1.30 bits per heavy atom. The van der Waals surface area contributed by atoms with E-state index in [2.05, 4.69) is 43.8 Å². The highest BCUT2D eigenvalue weighted by Crippen LogP contribution is 2.34. The molecule has 9 nitrogen and oxygen atoms in total. The van der Waals surface area contributed by atoms with Crippen LogP contribution in [0.5, 0.6) is 0 Å². The molecule has 0 spiro atoms. The van der Waals surface area contributed by atoms with Crippen LogP contribution in [0.15, 0.2) is 31.1 Å². The zero-order chi connectivity index (χ0) is 22.9. The predicted molar refractivity (Wildman–Crippen MR) is 127 cm³/mol. The number of halogens is 1.